The lowest BCUT2D eigenvalue weighted by molar-refractivity contribution is -0.126. The van der Waals surface area contributed by atoms with Gasteiger partial charge in [0, 0.05) is 12.2 Å². The van der Waals surface area contributed by atoms with Gasteiger partial charge in [0.25, 0.3) is 11.1 Å². The number of rotatable bonds is 5. The molecule has 2 rings (SSSR count). The van der Waals surface area contributed by atoms with E-state index in [0.29, 0.717) is 6.54 Å². The molecule has 1 aliphatic rings. The minimum Gasteiger partial charge on any atom is -0.497 e. The molecule has 1 aliphatic heterocycles. The maximum Gasteiger partial charge on any atom is 0.290 e. The van der Waals surface area contributed by atoms with Crippen molar-refractivity contribution in [2.24, 2.45) is 5.92 Å². The quantitative estimate of drug-likeness (QED) is 0.905. The van der Waals surface area contributed by atoms with Crippen LogP contribution in [-0.4, -0.2) is 35.1 Å². The molecule has 1 fully saturated rings. The fraction of sp³-hybridized carbons (Fsp3) is 0.429. The number of amides is 2. The van der Waals surface area contributed by atoms with Crippen LogP contribution < -0.4 is 10.1 Å². The van der Waals surface area contributed by atoms with Gasteiger partial charge in [0.15, 0.2) is 5.37 Å². The third kappa shape index (κ3) is 3.25. The molecule has 1 aromatic rings. The summed E-state index contributed by atoms with van der Waals surface area (Å²) in [6.45, 7) is 4.43. The third-order valence-corrected chi connectivity index (χ3v) is 3.84. The maximum absolute atomic E-state index is 12.2. The van der Waals surface area contributed by atoms with Crippen molar-refractivity contribution in [2.75, 3.05) is 19.0 Å². The molecular formula is C14H18N2O3S. The van der Waals surface area contributed by atoms with Gasteiger partial charge in [-0.25, -0.2) is 0 Å². The number of hydrogen-bond donors (Lipinski definition) is 1. The molecule has 20 heavy (non-hydrogen) atoms. The van der Waals surface area contributed by atoms with Crippen LogP contribution in [0.25, 0.3) is 0 Å². The highest BCUT2D eigenvalue weighted by molar-refractivity contribution is 8.15. The number of ether oxygens (including phenoxy) is 1. The van der Waals surface area contributed by atoms with Gasteiger partial charge in [0.1, 0.15) is 5.75 Å². The Morgan fingerprint density at radius 2 is 1.95 bits per heavy atom. The van der Waals surface area contributed by atoms with E-state index in [0.717, 1.165) is 23.2 Å². The van der Waals surface area contributed by atoms with Gasteiger partial charge in [-0.3, -0.25) is 14.5 Å². The highest BCUT2D eigenvalue weighted by atomic mass is 32.2. The normalized spacial score (nSPS) is 18.8. The lowest BCUT2D eigenvalue weighted by atomic mass is 10.2. The number of imide groups is 1. The number of carbonyl (C=O) groups excluding carboxylic acids is 2. The summed E-state index contributed by atoms with van der Waals surface area (Å²) in [4.78, 5) is 25.3. The second-order valence-corrected chi connectivity index (χ2v) is 6.04. The zero-order chi connectivity index (χ0) is 14.7. The van der Waals surface area contributed by atoms with Gasteiger partial charge in [-0.1, -0.05) is 13.8 Å². The molecule has 1 heterocycles. The van der Waals surface area contributed by atoms with E-state index in [1.165, 1.54) is 4.90 Å². The molecule has 1 atom stereocenters. The SMILES string of the molecule is COc1ccc(N[C@@H]2SC(=O)N(CC(C)C)C2=O)cc1. The Kier molecular flexibility index (Phi) is 4.54. The Morgan fingerprint density at radius 3 is 2.50 bits per heavy atom. The Morgan fingerprint density at radius 1 is 1.30 bits per heavy atom. The van der Waals surface area contributed by atoms with Crippen molar-refractivity contribution in [1.82, 2.24) is 4.90 Å². The molecule has 0 spiro atoms. The van der Waals surface area contributed by atoms with Crippen molar-refractivity contribution >= 4 is 28.6 Å². The molecule has 0 bridgehead atoms. The van der Waals surface area contributed by atoms with Gasteiger partial charge < -0.3 is 10.1 Å². The van der Waals surface area contributed by atoms with Gasteiger partial charge >= 0.3 is 0 Å². The number of thioether (sulfide) groups is 1. The van der Waals surface area contributed by atoms with Crippen molar-refractivity contribution in [3.8, 4) is 5.75 Å². The summed E-state index contributed by atoms with van der Waals surface area (Å²) in [7, 11) is 1.60. The molecule has 0 radical (unpaired) electrons. The second-order valence-electron chi connectivity index (χ2n) is 4.98. The van der Waals surface area contributed by atoms with Crippen LogP contribution in [-0.2, 0) is 4.79 Å². The van der Waals surface area contributed by atoms with Crippen LogP contribution >= 0.6 is 11.8 Å². The minimum atomic E-state index is -0.547. The van der Waals surface area contributed by atoms with Crippen molar-refractivity contribution in [2.45, 2.75) is 19.2 Å². The molecule has 0 unspecified atom stereocenters. The highest BCUT2D eigenvalue weighted by Crippen LogP contribution is 2.29. The van der Waals surface area contributed by atoms with E-state index in [9.17, 15) is 9.59 Å². The topological polar surface area (TPSA) is 58.6 Å². The first-order valence-electron chi connectivity index (χ1n) is 6.44. The van der Waals surface area contributed by atoms with Gasteiger partial charge in [0.05, 0.1) is 7.11 Å². The van der Waals surface area contributed by atoms with Crippen molar-refractivity contribution in [3.05, 3.63) is 24.3 Å². The number of nitrogens with one attached hydrogen (secondary N) is 1. The van der Waals surface area contributed by atoms with E-state index >= 15 is 0 Å². The predicted molar refractivity (Wildman–Crippen MR) is 79.9 cm³/mol. The fourth-order valence-corrected chi connectivity index (χ4v) is 2.82. The summed E-state index contributed by atoms with van der Waals surface area (Å²) in [5, 5.41) is 2.34. The second kappa shape index (κ2) is 6.17. The van der Waals surface area contributed by atoms with Gasteiger partial charge in [0.2, 0.25) is 0 Å². The largest absolute Gasteiger partial charge is 0.497 e. The number of nitrogens with zero attached hydrogens (tertiary/aromatic N) is 1. The third-order valence-electron chi connectivity index (χ3n) is 2.86. The summed E-state index contributed by atoms with van der Waals surface area (Å²) >= 11 is 1.02. The molecule has 0 aromatic heterocycles. The summed E-state index contributed by atoms with van der Waals surface area (Å²) in [5.41, 5.74) is 0.788. The Bertz CT molecular complexity index is 502. The van der Waals surface area contributed by atoms with Crippen LogP contribution in [0.4, 0.5) is 10.5 Å². The van der Waals surface area contributed by atoms with E-state index in [-0.39, 0.29) is 17.1 Å². The maximum atomic E-state index is 12.2. The van der Waals surface area contributed by atoms with Crippen molar-refractivity contribution < 1.29 is 14.3 Å². The molecule has 0 aliphatic carbocycles. The fourth-order valence-electron chi connectivity index (χ4n) is 1.91. The van der Waals surface area contributed by atoms with E-state index in [2.05, 4.69) is 5.32 Å². The average molecular weight is 294 g/mol. The Balaban J connectivity index is 2.03. The lowest BCUT2D eigenvalue weighted by Gasteiger charge is -2.16. The number of hydrogen-bond acceptors (Lipinski definition) is 5. The zero-order valence-electron chi connectivity index (χ0n) is 11.8. The van der Waals surface area contributed by atoms with Crippen LogP contribution in [0.1, 0.15) is 13.8 Å². The van der Waals surface area contributed by atoms with E-state index in [1.54, 1.807) is 19.2 Å². The number of methoxy groups -OCH3 is 1. The van der Waals surface area contributed by atoms with Crippen LogP contribution in [0, 0.1) is 5.92 Å². The van der Waals surface area contributed by atoms with Gasteiger partial charge in [-0.2, -0.15) is 0 Å². The van der Waals surface area contributed by atoms with E-state index < -0.39 is 5.37 Å². The first kappa shape index (κ1) is 14.7. The van der Waals surface area contributed by atoms with E-state index in [4.69, 9.17) is 4.74 Å². The number of benzene rings is 1. The molecule has 1 aromatic carbocycles. The summed E-state index contributed by atoms with van der Waals surface area (Å²) < 4.78 is 5.08. The van der Waals surface area contributed by atoms with Gasteiger partial charge in [-0.15, -0.1) is 0 Å². The molecular weight excluding hydrogens is 276 g/mol. The number of carbonyl (C=O) groups is 2. The van der Waals surface area contributed by atoms with Crippen LogP contribution in [0.2, 0.25) is 0 Å². The summed E-state index contributed by atoms with van der Waals surface area (Å²) in [5.74, 6) is 0.839. The van der Waals surface area contributed by atoms with Gasteiger partial charge in [-0.05, 0) is 41.9 Å². The first-order valence-corrected chi connectivity index (χ1v) is 7.32. The molecule has 1 N–H and O–H groups in total. The molecule has 0 saturated carbocycles. The summed E-state index contributed by atoms with van der Waals surface area (Å²) in [6.07, 6.45) is 0. The lowest BCUT2D eigenvalue weighted by Crippen LogP contribution is -2.36. The number of anilines is 1. The van der Waals surface area contributed by atoms with Crippen molar-refractivity contribution in [1.29, 1.82) is 0 Å². The molecule has 2 amide bonds. The van der Waals surface area contributed by atoms with E-state index in [1.807, 2.05) is 26.0 Å². The monoisotopic (exact) mass is 294 g/mol. The Hall–Kier alpha value is -1.69. The minimum absolute atomic E-state index is 0.176. The molecule has 108 valence electrons. The zero-order valence-corrected chi connectivity index (χ0v) is 12.6. The first-order chi connectivity index (χ1) is 9.51. The molecule has 6 heteroatoms. The molecule has 5 nitrogen and oxygen atoms in total. The average Bonchev–Trinajstić information content (AvgIpc) is 2.67. The van der Waals surface area contributed by atoms with Crippen LogP contribution in [0.15, 0.2) is 24.3 Å². The predicted octanol–water partition coefficient (Wildman–Crippen LogP) is 2.78. The van der Waals surface area contributed by atoms with Crippen LogP contribution in [0.5, 0.6) is 5.75 Å². The summed E-state index contributed by atoms with van der Waals surface area (Å²) in [6, 6.07) is 7.25. The van der Waals surface area contributed by atoms with Crippen LogP contribution in [0.3, 0.4) is 0 Å². The van der Waals surface area contributed by atoms with Crippen molar-refractivity contribution in [3.63, 3.8) is 0 Å². The Labute approximate surface area is 122 Å². The molecule has 1 saturated heterocycles. The highest BCUT2D eigenvalue weighted by Gasteiger charge is 2.39. The smallest absolute Gasteiger partial charge is 0.290 e. The standard InChI is InChI=1S/C14H18N2O3S/c1-9(2)8-16-13(17)12(20-14(16)18)15-10-4-6-11(19-3)7-5-10/h4-7,9,12,15H,8H2,1-3H3/t12-/m1/s1.